The van der Waals surface area contributed by atoms with Gasteiger partial charge >= 0.3 is 0 Å². The van der Waals surface area contributed by atoms with Crippen LogP contribution in [0.3, 0.4) is 0 Å². The van der Waals surface area contributed by atoms with Crippen molar-refractivity contribution >= 4 is 0 Å². The third-order valence-corrected chi connectivity index (χ3v) is 5.78. The molecule has 0 bridgehead atoms. The SMILES string of the molecule is CCCCCCCCCC(NCCC)C1(CC)CCCC1. The van der Waals surface area contributed by atoms with Crippen LogP contribution in [0.1, 0.15) is 111 Å². The second-order valence-corrected chi connectivity index (χ2v) is 7.34. The lowest BCUT2D eigenvalue weighted by molar-refractivity contribution is 0.173. The Labute approximate surface area is 134 Å². The first-order valence-electron chi connectivity index (χ1n) is 10.0. The molecule has 0 aromatic rings. The fourth-order valence-electron chi connectivity index (χ4n) is 4.28. The number of nitrogens with one attached hydrogen (secondary N) is 1. The van der Waals surface area contributed by atoms with E-state index >= 15 is 0 Å². The third-order valence-electron chi connectivity index (χ3n) is 5.78. The van der Waals surface area contributed by atoms with Gasteiger partial charge in [-0.2, -0.15) is 0 Å². The zero-order valence-corrected chi connectivity index (χ0v) is 15.2. The summed E-state index contributed by atoms with van der Waals surface area (Å²) in [6.45, 7) is 8.24. The van der Waals surface area contributed by atoms with Gasteiger partial charge in [-0.1, -0.05) is 78.6 Å². The predicted molar refractivity (Wildman–Crippen MR) is 95.9 cm³/mol. The molecule has 1 heteroatoms. The summed E-state index contributed by atoms with van der Waals surface area (Å²) in [4.78, 5) is 0. The number of rotatable bonds is 13. The molecule has 0 aromatic carbocycles. The van der Waals surface area contributed by atoms with Gasteiger partial charge in [0.15, 0.2) is 0 Å². The van der Waals surface area contributed by atoms with Crippen molar-refractivity contribution in [2.45, 2.75) is 117 Å². The lowest BCUT2D eigenvalue weighted by Crippen LogP contribution is -2.44. The average molecular weight is 296 g/mol. The average Bonchev–Trinajstić information content (AvgIpc) is 2.99. The van der Waals surface area contributed by atoms with Crippen molar-refractivity contribution in [2.75, 3.05) is 6.54 Å². The van der Waals surface area contributed by atoms with E-state index in [0.717, 1.165) is 6.04 Å². The normalized spacial score (nSPS) is 19.0. The van der Waals surface area contributed by atoms with Gasteiger partial charge < -0.3 is 5.32 Å². The van der Waals surface area contributed by atoms with Gasteiger partial charge in [0, 0.05) is 6.04 Å². The van der Waals surface area contributed by atoms with Crippen LogP contribution in [0.2, 0.25) is 0 Å². The fraction of sp³-hybridized carbons (Fsp3) is 1.00. The number of unbranched alkanes of at least 4 members (excludes halogenated alkanes) is 6. The van der Waals surface area contributed by atoms with Gasteiger partial charge in [0.2, 0.25) is 0 Å². The standard InChI is InChI=1S/C20H41N/c1-4-7-8-9-10-11-12-15-19(21-18-5-2)20(6-3)16-13-14-17-20/h19,21H,4-18H2,1-3H3. The molecule has 1 unspecified atom stereocenters. The van der Waals surface area contributed by atoms with Crippen molar-refractivity contribution in [3.05, 3.63) is 0 Å². The molecule has 0 amide bonds. The van der Waals surface area contributed by atoms with E-state index in [4.69, 9.17) is 0 Å². The van der Waals surface area contributed by atoms with E-state index in [-0.39, 0.29) is 0 Å². The Morgan fingerprint density at radius 2 is 1.43 bits per heavy atom. The molecule has 1 aliphatic carbocycles. The zero-order valence-electron chi connectivity index (χ0n) is 15.2. The fourth-order valence-corrected chi connectivity index (χ4v) is 4.28. The van der Waals surface area contributed by atoms with Gasteiger partial charge in [0.25, 0.3) is 0 Å². The van der Waals surface area contributed by atoms with E-state index in [2.05, 4.69) is 26.1 Å². The Morgan fingerprint density at radius 3 is 2.00 bits per heavy atom. The summed E-state index contributed by atoms with van der Waals surface area (Å²) in [6, 6.07) is 0.792. The Morgan fingerprint density at radius 1 is 0.810 bits per heavy atom. The molecule has 1 fully saturated rings. The Hall–Kier alpha value is -0.0400. The van der Waals surface area contributed by atoms with Gasteiger partial charge in [-0.05, 0) is 44.1 Å². The van der Waals surface area contributed by atoms with Gasteiger partial charge in [0.1, 0.15) is 0 Å². The van der Waals surface area contributed by atoms with Crippen LogP contribution in [0.25, 0.3) is 0 Å². The molecule has 0 spiro atoms. The molecule has 126 valence electrons. The maximum Gasteiger partial charge on any atom is 0.0123 e. The summed E-state index contributed by atoms with van der Waals surface area (Å²) < 4.78 is 0. The van der Waals surface area contributed by atoms with E-state index in [1.807, 2.05) is 0 Å². The lowest BCUT2D eigenvalue weighted by atomic mass is 9.74. The zero-order chi connectivity index (χ0) is 15.4. The lowest BCUT2D eigenvalue weighted by Gasteiger charge is -2.38. The highest BCUT2D eigenvalue weighted by atomic mass is 14.9. The van der Waals surface area contributed by atoms with Crippen molar-refractivity contribution in [1.82, 2.24) is 5.32 Å². The maximum absolute atomic E-state index is 3.91. The molecule has 1 saturated carbocycles. The molecule has 0 saturated heterocycles. The molecular formula is C20H41N. The Bertz CT molecular complexity index is 230. The molecule has 1 rings (SSSR count). The maximum atomic E-state index is 3.91. The highest BCUT2D eigenvalue weighted by Gasteiger charge is 2.38. The molecule has 0 radical (unpaired) electrons. The first-order valence-corrected chi connectivity index (χ1v) is 10.0. The van der Waals surface area contributed by atoms with Crippen molar-refractivity contribution in [3.63, 3.8) is 0 Å². The van der Waals surface area contributed by atoms with Crippen LogP contribution in [0, 0.1) is 5.41 Å². The Balaban J connectivity index is 2.29. The summed E-state index contributed by atoms with van der Waals surface area (Å²) in [6.07, 6.45) is 20.0. The molecule has 1 N–H and O–H groups in total. The first kappa shape index (κ1) is 19.0. The highest BCUT2D eigenvalue weighted by molar-refractivity contribution is 4.93. The smallest absolute Gasteiger partial charge is 0.0123 e. The largest absolute Gasteiger partial charge is 0.313 e. The van der Waals surface area contributed by atoms with Crippen molar-refractivity contribution in [3.8, 4) is 0 Å². The van der Waals surface area contributed by atoms with Crippen molar-refractivity contribution in [1.29, 1.82) is 0 Å². The van der Waals surface area contributed by atoms with E-state index < -0.39 is 0 Å². The highest BCUT2D eigenvalue weighted by Crippen LogP contribution is 2.45. The number of hydrogen-bond donors (Lipinski definition) is 1. The quantitative estimate of drug-likeness (QED) is 0.384. The molecule has 1 nitrogen and oxygen atoms in total. The molecule has 0 aromatic heterocycles. The van der Waals surface area contributed by atoms with Crippen LogP contribution in [0.15, 0.2) is 0 Å². The third kappa shape index (κ3) is 6.72. The molecule has 1 atom stereocenters. The predicted octanol–water partition coefficient (Wildman–Crippen LogP) is 6.47. The van der Waals surface area contributed by atoms with Crippen LogP contribution >= 0.6 is 0 Å². The van der Waals surface area contributed by atoms with Gasteiger partial charge in [-0.3, -0.25) is 0 Å². The topological polar surface area (TPSA) is 12.0 Å². The monoisotopic (exact) mass is 295 g/mol. The molecule has 21 heavy (non-hydrogen) atoms. The van der Waals surface area contributed by atoms with E-state index in [1.54, 1.807) is 0 Å². The van der Waals surface area contributed by atoms with Crippen LogP contribution in [0.4, 0.5) is 0 Å². The Kier molecular flexibility index (Phi) is 10.4. The number of hydrogen-bond acceptors (Lipinski definition) is 1. The summed E-state index contributed by atoms with van der Waals surface area (Å²) >= 11 is 0. The van der Waals surface area contributed by atoms with E-state index in [0.29, 0.717) is 5.41 Å². The second-order valence-electron chi connectivity index (χ2n) is 7.34. The van der Waals surface area contributed by atoms with Crippen molar-refractivity contribution in [2.24, 2.45) is 5.41 Å². The van der Waals surface area contributed by atoms with E-state index in [9.17, 15) is 0 Å². The van der Waals surface area contributed by atoms with Crippen LogP contribution in [0.5, 0.6) is 0 Å². The minimum atomic E-state index is 0.636. The summed E-state index contributed by atoms with van der Waals surface area (Å²) in [5, 5.41) is 3.91. The summed E-state index contributed by atoms with van der Waals surface area (Å²) in [7, 11) is 0. The second kappa shape index (κ2) is 11.5. The summed E-state index contributed by atoms with van der Waals surface area (Å²) in [5.74, 6) is 0. The van der Waals surface area contributed by atoms with Gasteiger partial charge in [-0.25, -0.2) is 0 Å². The van der Waals surface area contributed by atoms with Crippen molar-refractivity contribution < 1.29 is 0 Å². The molecular weight excluding hydrogens is 254 g/mol. The van der Waals surface area contributed by atoms with Crippen LogP contribution < -0.4 is 5.32 Å². The molecule has 1 aliphatic rings. The minimum Gasteiger partial charge on any atom is -0.313 e. The van der Waals surface area contributed by atoms with E-state index in [1.165, 1.54) is 96.4 Å². The van der Waals surface area contributed by atoms with Crippen LogP contribution in [-0.4, -0.2) is 12.6 Å². The van der Waals surface area contributed by atoms with Crippen LogP contribution in [-0.2, 0) is 0 Å². The minimum absolute atomic E-state index is 0.636. The van der Waals surface area contributed by atoms with Gasteiger partial charge in [-0.15, -0.1) is 0 Å². The molecule has 0 heterocycles. The first-order chi connectivity index (χ1) is 10.3. The molecule has 0 aliphatic heterocycles. The van der Waals surface area contributed by atoms with Gasteiger partial charge in [0.05, 0.1) is 0 Å². The summed E-state index contributed by atoms with van der Waals surface area (Å²) in [5.41, 5.74) is 0.636.